The molecule has 0 aliphatic carbocycles. The molecule has 4 aromatic rings. The van der Waals surface area contributed by atoms with E-state index in [2.05, 4.69) is 44.9 Å². The Morgan fingerprint density at radius 2 is 1.97 bits per heavy atom. The van der Waals surface area contributed by atoms with Gasteiger partial charge in [-0.1, -0.05) is 29.8 Å². The quantitative estimate of drug-likeness (QED) is 0.479. The van der Waals surface area contributed by atoms with Gasteiger partial charge in [-0.2, -0.15) is 0 Å². The van der Waals surface area contributed by atoms with Gasteiger partial charge in [0.2, 0.25) is 0 Å². The largest absolute Gasteiger partial charge is 0.383 e. The van der Waals surface area contributed by atoms with Crippen molar-refractivity contribution in [3.63, 3.8) is 0 Å². The zero-order valence-electron chi connectivity index (χ0n) is 18.0. The molecule has 2 aromatic carbocycles. The van der Waals surface area contributed by atoms with E-state index in [9.17, 15) is 4.79 Å². The highest BCUT2D eigenvalue weighted by Gasteiger charge is 2.22. The van der Waals surface area contributed by atoms with Gasteiger partial charge in [-0.05, 0) is 35.9 Å². The van der Waals surface area contributed by atoms with Crippen molar-refractivity contribution < 1.29 is 4.74 Å². The Bertz CT molecular complexity index is 1310. The molecule has 0 unspecified atom stereocenters. The highest BCUT2D eigenvalue weighted by Crippen LogP contribution is 2.25. The van der Waals surface area contributed by atoms with Crippen molar-refractivity contribution >= 4 is 22.5 Å². The molecule has 0 atom stereocenters. The summed E-state index contributed by atoms with van der Waals surface area (Å²) in [4.78, 5) is 22.9. The highest BCUT2D eigenvalue weighted by atomic mass is 35.5. The molecule has 1 aliphatic heterocycles. The number of benzene rings is 2. The molecule has 0 amide bonds. The average Bonchev–Trinajstić information content (AvgIpc) is 3.16. The van der Waals surface area contributed by atoms with E-state index < -0.39 is 0 Å². The number of aromatic amines is 1. The molecule has 0 spiro atoms. The number of halogens is 1. The predicted molar refractivity (Wildman–Crippen MR) is 127 cm³/mol. The fraction of sp³-hybridized carbons (Fsp3) is 0.280. The number of nitrogens with zero attached hydrogens (tertiary/aromatic N) is 3. The fourth-order valence-corrected chi connectivity index (χ4v) is 4.55. The van der Waals surface area contributed by atoms with Gasteiger partial charge in [-0.3, -0.25) is 9.69 Å². The third-order valence-electron chi connectivity index (χ3n) is 6.07. The number of hydrogen-bond donors (Lipinski definition) is 1. The molecule has 6 nitrogen and oxygen atoms in total. The molecule has 0 radical (unpaired) electrons. The van der Waals surface area contributed by atoms with Gasteiger partial charge in [-0.15, -0.1) is 0 Å². The van der Waals surface area contributed by atoms with Crippen molar-refractivity contribution in [1.29, 1.82) is 0 Å². The van der Waals surface area contributed by atoms with Crippen molar-refractivity contribution in [3.05, 3.63) is 86.9 Å². The van der Waals surface area contributed by atoms with Crippen LogP contribution < -0.4 is 5.56 Å². The first-order valence-electron chi connectivity index (χ1n) is 10.8. The first-order chi connectivity index (χ1) is 15.6. The summed E-state index contributed by atoms with van der Waals surface area (Å²) in [5.74, 6) is 0.597. The second kappa shape index (κ2) is 8.90. The van der Waals surface area contributed by atoms with Gasteiger partial charge in [0, 0.05) is 67.4 Å². The Labute approximate surface area is 191 Å². The van der Waals surface area contributed by atoms with Crippen LogP contribution in [0.1, 0.15) is 16.8 Å². The van der Waals surface area contributed by atoms with Gasteiger partial charge in [0.15, 0.2) is 0 Å². The molecule has 0 fully saturated rings. The van der Waals surface area contributed by atoms with Gasteiger partial charge in [0.05, 0.1) is 17.9 Å². The van der Waals surface area contributed by atoms with Crippen LogP contribution in [0.3, 0.4) is 0 Å². The maximum Gasteiger partial charge on any atom is 0.255 e. The maximum absolute atomic E-state index is 12.9. The van der Waals surface area contributed by atoms with Gasteiger partial charge < -0.3 is 14.3 Å². The molecule has 0 saturated carbocycles. The topological polar surface area (TPSA) is 63.1 Å². The lowest BCUT2D eigenvalue weighted by atomic mass is 10.1. The monoisotopic (exact) mass is 448 g/mol. The molecular formula is C25H25ClN4O2. The molecule has 3 heterocycles. The van der Waals surface area contributed by atoms with Crippen molar-refractivity contribution in [2.45, 2.75) is 26.1 Å². The molecule has 32 heavy (non-hydrogen) atoms. The molecular weight excluding hydrogens is 424 g/mol. The van der Waals surface area contributed by atoms with Gasteiger partial charge in [-0.25, -0.2) is 4.98 Å². The molecule has 0 saturated heterocycles. The summed E-state index contributed by atoms with van der Waals surface area (Å²) < 4.78 is 7.52. The molecule has 2 aromatic heterocycles. The summed E-state index contributed by atoms with van der Waals surface area (Å²) >= 11 is 5.99. The number of fused-ring (bicyclic) bond motifs is 2. The second-order valence-corrected chi connectivity index (χ2v) is 8.60. The number of nitrogens with one attached hydrogen (secondary N) is 1. The smallest absolute Gasteiger partial charge is 0.255 e. The van der Waals surface area contributed by atoms with Crippen LogP contribution in [0.25, 0.3) is 22.3 Å². The van der Waals surface area contributed by atoms with Crippen LogP contribution in [0.15, 0.2) is 59.5 Å². The van der Waals surface area contributed by atoms with Crippen LogP contribution in [0, 0.1) is 0 Å². The number of hydrogen-bond acceptors (Lipinski definition) is 4. The van der Waals surface area contributed by atoms with Crippen LogP contribution in [0.2, 0.25) is 5.02 Å². The zero-order chi connectivity index (χ0) is 22.1. The van der Waals surface area contributed by atoms with E-state index in [1.54, 1.807) is 19.2 Å². The molecule has 7 heteroatoms. The summed E-state index contributed by atoms with van der Waals surface area (Å²) in [5, 5.41) is 1.91. The summed E-state index contributed by atoms with van der Waals surface area (Å²) in [7, 11) is 1.72. The standard InChI is InChI=1S/C25H25ClN4O2/c1-32-13-12-30-15-18(20-4-2-3-5-23(20)30)14-29-11-10-22-21(16-29)25(31)28-24(27-22)17-6-8-19(26)9-7-17/h2-9,15H,10-14,16H2,1H3,(H,27,28,31). The second-order valence-electron chi connectivity index (χ2n) is 8.17. The van der Waals surface area contributed by atoms with Gasteiger partial charge in [0.25, 0.3) is 5.56 Å². The zero-order valence-corrected chi connectivity index (χ0v) is 18.7. The summed E-state index contributed by atoms with van der Waals surface area (Å²) in [6, 6.07) is 15.8. The number of H-pyrrole nitrogens is 1. The van der Waals surface area contributed by atoms with E-state index >= 15 is 0 Å². The van der Waals surface area contributed by atoms with Crippen molar-refractivity contribution in [2.24, 2.45) is 0 Å². The molecule has 5 rings (SSSR count). The van der Waals surface area contributed by atoms with Crippen LogP contribution in [-0.2, 0) is 30.8 Å². The minimum Gasteiger partial charge on any atom is -0.383 e. The SMILES string of the molecule is COCCn1cc(CN2CCc3nc(-c4ccc(Cl)cc4)[nH]c(=O)c3C2)c2ccccc21. The molecule has 1 N–H and O–H groups in total. The van der Waals surface area contributed by atoms with E-state index in [-0.39, 0.29) is 5.56 Å². The number of aromatic nitrogens is 3. The predicted octanol–water partition coefficient (Wildman–Crippen LogP) is 4.25. The van der Waals surface area contributed by atoms with Crippen molar-refractivity contribution in [2.75, 3.05) is 20.3 Å². The lowest BCUT2D eigenvalue weighted by Gasteiger charge is -2.27. The summed E-state index contributed by atoms with van der Waals surface area (Å²) in [5.41, 5.74) is 4.92. The number of para-hydroxylation sites is 1. The van der Waals surface area contributed by atoms with Crippen molar-refractivity contribution in [3.8, 4) is 11.4 Å². The van der Waals surface area contributed by atoms with Crippen LogP contribution in [-0.4, -0.2) is 39.7 Å². The van der Waals surface area contributed by atoms with Gasteiger partial charge >= 0.3 is 0 Å². The first-order valence-corrected chi connectivity index (χ1v) is 11.2. The molecule has 1 aliphatic rings. The number of methoxy groups -OCH3 is 1. The normalized spacial score (nSPS) is 14.1. The first kappa shape index (κ1) is 20.9. The maximum atomic E-state index is 12.9. The highest BCUT2D eigenvalue weighted by molar-refractivity contribution is 6.30. The Morgan fingerprint density at radius 3 is 2.78 bits per heavy atom. The van der Waals surface area contributed by atoms with E-state index in [4.69, 9.17) is 21.3 Å². The van der Waals surface area contributed by atoms with E-state index in [0.717, 1.165) is 42.9 Å². The van der Waals surface area contributed by atoms with E-state index in [0.29, 0.717) is 24.0 Å². The third kappa shape index (κ3) is 4.09. The Morgan fingerprint density at radius 1 is 1.16 bits per heavy atom. The third-order valence-corrected chi connectivity index (χ3v) is 6.32. The van der Waals surface area contributed by atoms with E-state index in [1.807, 2.05) is 12.1 Å². The van der Waals surface area contributed by atoms with Crippen LogP contribution in [0.5, 0.6) is 0 Å². The molecule has 164 valence electrons. The lowest BCUT2D eigenvalue weighted by Crippen LogP contribution is -2.35. The summed E-state index contributed by atoms with van der Waals surface area (Å²) in [6.07, 6.45) is 2.97. The Balaban J connectivity index is 1.39. The Hall–Kier alpha value is -2.93. The van der Waals surface area contributed by atoms with Gasteiger partial charge in [0.1, 0.15) is 5.82 Å². The molecule has 0 bridgehead atoms. The Kier molecular flexibility index (Phi) is 5.83. The number of rotatable bonds is 6. The van der Waals surface area contributed by atoms with Crippen LogP contribution in [0.4, 0.5) is 0 Å². The lowest BCUT2D eigenvalue weighted by molar-refractivity contribution is 0.188. The summed E-state index contributed by atoms with van der Waals surface area (Å²) in [6.45, 7) is 3.73. The number of ether oxygens (including phenoxy) is 1. The minimum atomic E-state index is -0.0628. The van der Waals surface area contributed by atoms with E-state index in [1.165, 1.54) is 16.5 Å². The van der Waals surface area contributed by atoms with Crippen molar-refractivity contribution in [1.82, 2.24) is 19.4 Å². The fourth-order valence-electron chi connectivity index (χ4n) is 4.42. The minimum absolute atomic E-state index is 0.0628. The van der Waals surface area contributed by atoms with Crippen LogP contribution >= 0.6 is 11.6 Å². The average molecular weight is 449 g/mol.